The Morgan fingerprint density at radius 1 is 0.875 bits per heavy atom. The SMILES string of the molecule is N#CC(C(=O)c1ccc2c(c1)S(=O)(=O)c1ccccc1C2=O)c1ccc2ccccc2n1. The van der Waals surface area contributed by atoms with E-state index in [1.807, 2.05) is 24.3 Å². The zero-order valence-corrected chi connectivity index (χ0v) is 17.3. The molecule has 7 heteroatoms. The second kappa shape index (κ2) is 7.22. The van der Waals surface area contributed by atoms with Crippen LogP contribution in [0.25, 0.3) is 10.9 Å². The number of nitrogens with zero attached hydrogens (tertiary/aromatic N) is 2. The van der Waals surface area contributed by atoms with Crippen LogP contribution in [0, 0.1) is 11.3 Å². The first-order valence-corrected chi connectivity index (χ1v) is 11.2. The molecule has 0 radical (unpaired) electrons. The number of para-hydroxylation sites is 1. The largest absolute Gasteiger partial charge is 0.292 e. The van der Waals surface area contributed by atoms with Crippen LogP contribution in [0.4, 0.5) is 0 Å². The average Bonchev–Trinajstić information content (AvgIpc) is 2.83. The summed E-state index contributed by atoms with van der Waals surface area (Å²) in [5.41, 5.74) is 1.07. The van der Waals surface area contributed by atoms with E-state index in [1.54, 1.807) is 30.3 Å². The van der Waals surface area contributed by atoms with Crippen LogP contribution in [0.3, 0.4) is 0 Å². The molecule has 0 saturated heterocycles. The average molecular weight is 438 g/mol. The minimum absolute atomic E-state index is 0.0117. The molecular weight excluding hydrogens is 424 g/mol. The van der Waals surface area contributed by atoms with Gasteiger partial charge in [0, 0.05) is 22.1 Å². The summed E-state index contributed by atoms with van der Waals surface area (Å²) in [5.74, 6) is -2.22. The maximum absolute atomic E-state index is 13.2. The van der Waals surface area contributed by atoms with Gasteiger partial charge in [0.1, 0.15) is 0 Å². The van der Waals surface area contributed by atoms with Crippen molar-refractivity contribution in [2.24, 2.45) is 0 Å². The number of carbonyl (C=O) groups excluding carboxylic acids is 2. The second-order valence-electron chi connectivity index (χ2n) is 7.39. The molecule has 0 spiro atoms. The van der Waals surface area contributed by atoms with Gasteiger partial charge in [-0.05, 0) is 36.4 Å². The molecule has 0 amide bonds. The van der Waals surface area contributed by atoms with Gasteiger partial charge in [0.2, 0.25) is 9.84 Å². The first-order chi connectivity index (χ1) is 15.4. The van der Waals surface area contributed by atoms with E-state index in [0.717, 1.165) is 5.39 Å². The van der Waals surface area contributed by atoms with Crippen molar-refractivity contribution in [1.82, 2.24) is 4.98 Å². The van der Waals surface area contributed by atoms with Crippen molar-refractivity contribution in [3.63, 3.8) is 0 Å². The predicted octanol–water partition coefficient (Wildman–Crippen LogP) is 4.10. The molecule has 154 valence electrons. The lowest BCUT2D eigenvalue weighted by Gasteiger charge is -2.19. The summed E-state index contributed by atoms with van der Waals surface area (Å²) in [4.78, 5) is 30.1. The molecular formula is C25H14N2O4S. The zero-order chi connectivity index (χ0) is 22.5. The van der Waals surface area contributed by atoms with Crippen molar-refractivity contribution >= 4 is 32.3 Å². The molecule has 6 nitrogen and oxygen atoms in total. The van der Waals surface area contributed by atoms with Crippen LogP contribution >= 0.6 is 0 Å². The first kappa shape index (κ1) is 19.8. The van der Waals surface area contributed by atoms with Gasteiger partial charge in [-0.2, -0.15) is 5.26 Å². The Balaban J connectivity index is 1.60. The zero-order valence-electron chi connectivity index (χ0n) is 16.5. The van der Waals surface area contributed by atoms with E-state index in [1.165, 1.54) is 30.3 Å². The highest BCUT2D eigenvalue weighted by Gasteiger charge is 2.35. The number of hydrogen-bond acceptors (Lipinski definition) is 6. The molecule has 0 N–H and O–H groups in total. The van der Waals surface area contributed by atoms with Crippen molar-refractivity contribution in [2.45, 2.75) is 15.7 Å². The molecule has 2 heterocycles. The molecule has 4 aromatic rings. The highest BCUT2D eigenvalue weighted by Crippen LogP contribution is 2.35. The Labute approximate surface area is 183 Å². The van der Waals surface area contributed by atoms with E-state index < -0.39 is 27.3 Å². The van der Waals surface area contributed by atoms with Gasteiger partial charge in [-0.3, -0.25) is 14.6 Å². The van der Waals surface area contributed by atoms with Crippen molar-refractivity contribution in [3.8, 4) is 6.07 Å². The number of aromatic nitrogens is 1. The highest BCUT2D eigenvalue weighted by atomic mass is 32.2. The molecule has 0 saturated carbocycles. The molecule has 1 aromatic heterocycles. The Kier molecular flexibility index (Phi) is 4.47. The van der Waals surface area contributed by atoms with Crippen LogP contribution in [0.5, 0.6) is 0 Å². The first-order valence-electron chi connectivity index (χ1n) is 9.74. The number of fused-ring (bicyclic) bond motifs is 3. The van der Waals surface area contributed by atoms with Gasteiger partial charge < -0.3 is 0 Å². The van der Waals surface area contributed by atoms with Gasteiger partial charge in [-0.15, -0.1) is 0 Å². The number of carbonyl (C=O) groups is 2. The lowest BCUT2D eigenvalue weighted by Crippen LogP contribution is -2.21. The Hall–Kier alpha value is -4.15. The third-order valence-corrected chi connectivity index (χ3v) is 7.38. The molecule has 1 aliphatic heterocycles. The van der Waals surface area contributed by atoms with Crippen LogP contribution in [-0.2, 0) is 9.84 Å². The van der Waals surface area contributed by atoms with Gasteiger partial charge >= 0.3 is 0 Å². The number of pyridine rings is 1. The number of Topliss-reactive ketones (excluding diaryl/α,β-unsaturated/α-hetero) is 1. The van der Waals surface area contributed by atoms with Crippen LogP contribution in [0.15, 0.2) is 88.7 Å². The maximum Gasteiger partial charge on any atom is 0.208 e. The number of sulfone groups is 1. The third kappa shape index (κ3) is 2.93. The third-order valence-electron chi connectivity index (χ3n) is 5.53. The fourth-order valence-electron chi connectivity index (χ4n) is 3.91. The van der Waals surface area contributed by atoms with Gasteiger partial charge in [0.05, 0.1) is 27.1 Å². The molecule has 3 aromatic carbocycles. The molecule has 1 atom stereocenters. The Bertz CT molecular complexity index is 1600. The highest BCUT2D eigenvalue weighted by molar-refractivity contribution is 7.91. The van der Waals surface area contributed by atoms with Crippen LogP contribution in [0.2, 0.25) is 0 Å². The lowest BCUT2D eigenvalue weighted by molar-refractivity contribution is 0.0974. The number of hydrogen-bond donors (Lipinski definition) is 0. The molecule has 1 aliphatic rings. The minimum Gasteiger partial charge on any atom is -0.292 e. The van der Waals surface area contributed by atoms with E-state index in [4.69, 9.17) is 0 Å². The maximum atomic E-state index is 13.2. The van der Waals surface area contributed by atoms with Gasteiger partial charge in [0.25, 0.3) is 0 Å². The molecule has 5 rings (SSSR count). The quantitative estimate of drug-likeness (QED) is 0.393. The van der Waals surface area contributed by atoms with E-state index in [-0.39, 0.29) is 32.2 Å². The van der Waals surface area contributed by atoms with Crippen molar-refractivity contribution in [3.05, 3.63) is 101 Å². The summed E-state index contributed by atoms with van der Waals surface area (Å²) < 4.78 is 26.3. The summed E-state index contributed by atoms with van der Waals surface area (Å²) in [6.45, 7) is 0. The van der Waals surface area contributed by atoms with Crippen LogP contribution < -0.4 is 0 Å². The normalized spacial score (nSPS) is 14.8. The van der Waals surface area contributed by atoms with Crippen LogP contribution in [0.1, 0.15) is 37.9 Å². The summed E-state index contributed by atoms with van der Waals surface area (Å²) >= 11 is 0. The number of ketones is 2. The minimum atomic E-state index is -3.99. The fraction of sp³-hybridized carbons (Fsp3) is 0.0400. The predicted molar refractivity (Wildman–Crippen MR) is 116 cm³/mol. The van der Waals surface area contributed by atoms with E-state index >= 15 is 0 Å². The van der Waals surface area contributed by atoms with E-state index in [2.05, 4.69) is 4.98 Å². The summed E-state index contributed by atoms with van der Waals surface area (Å²) in [6.07, 6.45) is 0. The van der Waals surface area contributed by atoms with Gasteiger partial charge in [-0.1, -0.05) is 42.5 Å². The molecule has 32 heavy (non-hydrogen) atoms. The van der Waals surface area contributed by atoms with Crippen molar-refractivity contribution in [1.29, 1.82) is 5.26 Å². The van der Waals surface area contributed by atoms with E-state index in [0.29, 0.717) is 5.52 Å². The Morgan fingerprint density at radius 3 is 2.41 bits per heavy atom. The van der Waals surface area contributed by atoms with Crippen molar-refractivity contribution in [2.75, 3.05) is 0 Å². The van der Waals surface area contributed by atoms with Crippen LogP contribution in [-0.4, -0.2) is 25.0 Å². The molecule has 0 aliphatic carbocycles. The van der Waals surface area contributed by atoms with Gasteiger partial charge in [-0.25, -0.2) is 8.42 Å². The molecule has 1 unspecified atom stereocenters. The second-order valence-corrected chi connectivity index (χ2v) is 9.28. The molecule has 0 fully saturated rings. The number of nitriles is 1. The fourth-order valence-corrected chi connectivity index (χ4v) is 5.58. The van der Waals surface area contributed by atoms with E-state index in [9.17, 15) is 23.3 Å². The monoisotopic (exact) mass is 438 g/mol. The number of rotatable bonds is 3. The molecule has 0 bridgehead atoms. The van der Waals surface area contributed by atoms with Gasteiger partial charge in [0.15, 0.2) is 17.5 Å². The number of benzene rings is 3. The van der Waals surface area contributed by atoms with Crippen molar-refractivity contribution < 1.29 is 18.0 Å². The Morgan fingerprint density at radius 2 is 1.59 bits per heavy atom. The summed E-state index contributed by atoms with van der Waals surface area (Å²) in [6, 6.07) is 22.6. The summed E-state index contributed by atoms with van der Waals surface area (Å²) in [5, 5.41) is 10.6. The lowest BCUT2D eigenvalue weighted by atomic mass is 9.93. The topological polar surface area (TPSA) is 105 Å². The standard InChI is InChI=1S/C25H14N2O4S/c26-14-19(21-12-10-15-5-1-3-7-20(15)27-21)24(28)16-9-11-18-23(13-16)32(30,31)22-8-4-2-6-17(22)25(18)29/h1-13,19H. The smallest absolute Gasteiger partial charge is 0.208 e. The summed E-state index contributed by atoms with van der Waals surface area (Å²) in [7, 11) is -3.99.